The first kappa shape index (κ1) is 13.2. The Morgan fingerprint density at radius 3 is 2.85 bits per heavy atom. The highest BCUT2D eigenvalue weighted by Crippen LogP contribution is 2.41. The number of amides is 1. The highest BCUT2D eigenvalue weighted by Gasteiger charge is 2.33. The van der Waals surface area contributed by atoms with Gasteiger partial charge in [0.15, 0.2) is 5.76 Å². The predicted octanol–water partition coefficient (Wildman–Crippen LogP) is 3.14. The van der Waals surface area contributed by atoms with Crippen molar-refractivity contribution in [1.82, 2.24) is 5.16 Å². The number of carbonyl (C=O) groups excluding carboxylic acids is 1. The van der Waals surface area contributed by atoms with Gasteiger partial charge in [-0.1, -0.05) is 23.4 Å². The van der Waals surface area contributed by atoms with Crippen molar-refractivity contribution in [1.29, 1.82) is 0 Å². The van der Waals surface area contributed by atoms with Crippen LogP contribution in [0.2, 0.25) is 0 Å². The van der Waals surface area contributed by atoms with Crippen LogP contribution in [0.5, 0.6) is 0 Å². The average molecular weight is 288 g/mol. The molecule has 0 saturated carbocycles. The minimum atomic E-state index is -0.0881. The Labute approximate surface area is 122 Å². The zero-order valence-electron chi connectivity index (χ0n) is 11.7. The highest BCUT2D eigenvalue weighted by molar-refractivity contribution is 7.99. The second-order valence-corrected chi connectivity index (χ2v) is 6.03. The molecule has 1 aliphatic heterocycles. The molecule has 104 valence electrons. The van der Waals surface area contributed by atoms with E-state index in [-0.39, 0.29) is 11.8 Å². The summed E-state index contributed by atoms with van der Waals surface area (Å²) in [6, 6.07) is 8.11. The molecule has 1 aromatic heterocycles. The molecular formula is C15H16N2O2S. The predicted molar refractivity (Wildman–Crippen MR) is 79.3 cm³/mol. The number of aryl methyl sites for hydroxylation is 2. The molecule has 0 spiro atoms. The van der Waals surface area contributed by atoms with E-state index in [4.69, 9.17) is 4.52 Å². The van der Waals surface area contributed by atoms with Crippen LogP contribution in [0.25, 0.3) is 0 Å². The summed E-state index contributed by atoms with van der Waals surface area (Å²) in [5, 5.41) is 3.92. The molecular weight excluding hydrogens is 272 g/mol. The van der Waals surface area contributed by atoms with Crippen LogP contribution in [-0.4, -0.2) is 23.9 Å². The Balaban J connectivity index is 1.91. The van der Waals surface area contributed by atoms with Crippen molar-refractivity contribution >= 4 is 23.4 Å². The number of hydrogen-bond donors (Lipinski definition) is 0. The van der Waals surface area contributed by atoms with Gasteiger partial charge in [0.05, 0.1) is 5.92 Å². The van der Waals surface area contributed by atoms with Crippen LogP contribution in [0.3, 0.4) is 0 Å². The van der Waals surface area contributed by atoms with Gasteiger partial charge >= 0.3 is 0 Å². The van der Waals surface area contributed by atoms with Crippen molar-refractivity contribution in [3.8, 4) is 0 Å². The molecule has 0 N–H and O–H groups in total. The van der Waals surface area contributed by atoms with Gasteiger partial charge in [-0.2, -0.15) is 0 Å². The second-order valence-electron chi connectivity index (χ2n) is 4.97. The van der Waals surface area contributed by atoms with Crippen LogP contribution >= 0.6 is 11.8 Å². The lowest BCUT2D eigenvalue weighted by molar-refractivity contribution is -0.119. The Bertz CT molecular complexity index is 646. The summed E-state index contributed by atoms with van der Waals surface area (Å²) in [5.41, 5.74) is 2.66. The van der Waals surface area contributed by atoms with Gasteiger partial charge in [-0.3, -0.25) is 4.79 Å². The lowest BCUT2D eigenvalue weighted by atomic mass is 10.00. The number of nitrogens with zero attached hydrogens (tertiary/aromatic N) is 2. The molecule has 1 atom stereocenters. The molecule has 1 aromatic carbocycles. The number of hydrogen-bond acceptors (Lipinski definition) is 4. The molecule has 2 aromatic rings. The van der Waals surface area contributed by atoms with E-state index >= 15 is 0 Å². The minimum Gasteiger partial charge on any atom is -0.359 e. The summed E-state index contributed by atoms with van der Waals surface area (Å²) in [5.74, 6) is 1.48. The molecule has 5 heteroatoms. The lowest BCUT2D eigenvalue weighted by Gasteiger charge is -2.20. The van der Waals surface area contributed by atoms with E-state index in [2.05, 4.69) is 11.2 Å². The summed E-state index contributed by atoms with van der Waals surface area (Å²) >= 11 is 1.74. The fraction of sp³-hybridized carbons (Fsp3) is 0.333. The smallest absolute Gasteiger partial charge is 0.235 e. The number of thioether (sulfide) groups is 1. The van der Waals surface area contributed by atoms with Gasteiger partial charge in [0, 0.05) is 17.7 Å². The molecule has 4 nitrogen and oxygen atoms in total. The zero-order valence-corrected chi connectivity index (χ0v) is 12.5. The van der Waals surface area contributed by atoms with E-state index in [1.54, 1.807) is 23.7 Å². The molecule has 1 unspecified atom stereocenters. The first-order chi connectivity index (χ1) is 9.59. The van der Waals surface area contributed by atoms with Crippen LogP contribution in [0, 0.1) is 13.8 Å². The summed E-state index contributed by atoms with van der Waals surface area (Å²) in [6.45, 7) is 3.68. The first-order valence-corrected chi connectivity index (χ1v) is 7.50. The number of aromatic nitrogens is 1. The fourth-order valence-corrected chi connectivity index (χ4v) is 3.89. The topological polar surface area (TPSA) is 46.3 Å². The normalized spacial score (nSPS) is 17.1. The van der Waals surface area contributed by atoms with Gasteiger partial charge in [0.25, 0.3) is 0 Å². The molecule has 3 rings (SSSR count). The van der Waals surface area contributed by atoms with Crippen LogP contribution in [0.15, 0.2) is 33.7 Å². The van der Waals surface area contributed by atoms with Crippen molar-refractivity contribution in [3.63, 3.8) is 0 Å². The maximum atomic E-state index is 12.8. The van der Waals surface area contributed by atoms with Crippen molar-refractivity contribution < 1.29 is 9.32 Å². The number of rotatable bonds is 2. The Hall–Kier alpha value is -1.75. The third-order valence-electron chi connectivity index (χ3n) is 3.66. The molecule has 0 radical (unpaired) electrons. The number of benzene rings is 1. The molecule has 1 aliphatic rings. The van der Waals surface area contributed by atoms with Gasteiger partial charge in [-0.05, 0) is 25.5 Å². The Morgan fingerprint density at radius 1 is 1.40 bits per heavy atom. The van der Waals surface area contributed by atoms with E-state index < -0.39 is 0 Å². The summed E-state index contributed by atoms with van der Waals surface area (Å²) in [7, 11) is 1.79. The third kappa shape index (κ3) is 2.02. The largest absolute Gasteiger partial charge is 0.359 e. The molecule has 0 aliphatic carbocycles. The van der Waals surface area contributed by atoms with Crippen molar-refractivity contribution in [2.24, 2.45) is 0 Å². The highest BCUT2D eigenvalue weighted by atomic mass is 32.2. The quantitative estimate of drug-likeness (QED) is 0.851. The minimum absolute atomic E-state index is 0.0881. The summed E-state index contributed by atoms with van der Waals surface area (Å²) in [6.07, 6.45) is 0. The first-order valence-electron chi connectivity index (χ1n) is 6.51. The van der Waals surface area contributed by atoms with Crippen LogP contribution in [-0.2, 0) is 4.79 Å². The number of anilines is 1. The Kier molecular flexibility index (Phi) is 3.30. The van der Waals surface area contributed by atoms with Gasteiger partial charge < -0.3 is 9.42 Å². The third-order valence-corrected chi connectivity index (χ3v) is 4.84. The fourth-order valence-electron chi connectivity index (χ4n) is 2.67. The van der Waals surface area contributed by atoms with Gasteiger partial charge in [-0.25, -0.2) is 0 Å². The van der Waals surface area contributed by atoms with E-state index in [1.807, 2.05) is 32.0 Å². The maximum absolute atomic E-state index is 12.8. The van der Waals surface area contributed by atoms with Crippen LogP contribution in [0.4, 0.5) is 5.69 Å². The van der Waals surface area contributed by atoms with Crippen LogP contribution < -0.4 is 4.90 Å². The van der Waals surface area contributed by atoms with Gasteiger partial charge in [0.1, 0.15) is 11.4 Å². The average Bonchev–Trinajstić information content (AvgIpc) is 3.01. The van der Waals surface area contributed by atoms with E-state index in [9.17, 15) is 4.79 Å². The molecule has 2 heterocycles. The van der Waals surface area contributed by atoms with Gasteiger partial charge in [0.2, 0.25) is 5.91 Å². The monoisotopic (exact) mass is 288 g/mol. The zero-order chi connectivity index (χ0) is 14.3. The molecule has 0 bridgehead atoms. The molecule has 0 fully saturated rings. The SMILES string of the molecule is Cc1noc(C)c1N(C)C(=O)C1CSc2ccccc21. The second kappa shape index (κ2) is 4.98. The molecule has 1 amide bonds. The van der Waals surface area contributed by atoms with Crippen LogP contribution in [0.1, 0.15) is 22.9 Å². The van der Waals surface area contributed by atoms with Crippen molar-refractivity contribution in [3.05, 3.63) is 41.3 Å². The summed E-state index contributed by atoms with van der Waals surface area (Å²) in [4.78, 5) is 15.6. The lowest BCUT2D eigenvalue weighted by Crippen LogP contribution is -2.32. The van der Waals surface area contributed by atoms with Gasteiger partial charge in [-0.15, -0.1) is 11.8 Å². The van der Waals surface area contributed by atoms with E-state index in [0.29, 0.717) is 5.76 Å². The number of carbonyl (C=O) groups is 1. The number of fused-ring (bicyclic) bond motifs is 1. The standard InChI is InChI=1S/C15H16N2O2S/c1-9-14(10(2)19-16-9)17(3)15(18)12-8-20-13-7-5-4-6-11(12)13/h4-7,12H,8H2,1-3H3. The van der Waals surface area contributed by atoms with E-state index in [0.717, 1.165) is 22.7 Å². The molecule has 20 heavy (non-hydrogen) atoms. The van der Waals surface area contributed by atoms with E-state index in [1.165, 1.54) is 4.90 Å². The molecule has 0 saturated heterocycles. The maximum Gasteiger partial charge on any atom is 0.235 e. The van der Waals surface area contributed by atoms with Crippen molar-refractivity contribution in [2.45, 2.75) is 24.7 Å². The summed E-state index contributed by atoms with van der Waals surface area (Å²) < 4.78 is 5.15. The Morgan fingerprint density at radius 2 is 2.15 bits per heavy atom. The van der Waals surface area contributed by atoms with Crippen molar-refractivity contribution in [2.75, 3.05) is 17.7 Å². The number of likely N-dealkylation sites (N-methyl/N-ethyl adjacent to an activating group) is 1.